The van der Waals surface area contributed by atoms with E-state index in [1.807, 2.05) is 6.07 Å². The van der Waals surface area contributed by atoms with Crippen molar-refractivity contribution in [3.63, 3.8) is 0 Å². The molecule has 0 aliphatic heterocycles. The van der Waals surface area contributed by atoms with Crippen molar-refractivity contribution in [3.05, 3.63) is 35.9 Å². The van der Waals surface area contributed by atoms with Crippen molar-refractivity contribution in [1.82, 2.24) is 4.98 Å². The number of unbranched alkanes of at least 4 members (excludes halogenated alkanes) is 1. The van der Waals surface area contributed by atoms with E-state index in [0.717, 1.165) is 17.9 Å². The standard InChI is InChI=1S/C14H18N2/c1-3-4-9-15-14-10-11(2)12-7-5-6-8-13(12)16-14/h5-8,10H,3-4,9H2,1-2H3,(H,15,16). The Balaban J connectivity index is 2.27. The van der Waals surface area contributed by atoms with Crippen LogP contribution in [0.5, 0.6) is 0 Å². The Morgan fingerprint density at radius 2 is 2.06 bits per heavy atom. The summed E-state index contributed by atoms with van der Waals surface area (Å²) in [6.45, 7) is 5.33. The second-order valence-corrected chi connectivity index (χ2v) is 4.12. The molecule has 2 aromatic rings. The van der Waals surface area contributed by atoms with Crippen LogP contribution in [0.15, 0.2) is 30.3 Å². The molecule has 2 rings (SSSR count). The predicted molar refractivity (Wildman–Crippen MR) is 69.9 cm³/mol. The van der Waals surface area contributed by atoms with Crippen LogP contribution in [0.3, 0.4) is 0 Å². The number of aryl methyl sites for hydroxylation is 1. The number of benzene rings is 1. The third kappa shape index (κ3) is 2.32. The van der Waals surface area contributed by atoms with E-state index in [1.165, 1.54) is 23.8 Å². The van der Waals surface area contributed by atoms with Crippen LogP contribution in [-0.2, 0) is 0 Å². The summed E-state index contributed by atoms with van der Waals surface area (Å²) in [6, 6.07) is 10.4. The molecule has 0 spiro atoms. The fraction of sp³-hybridized carbons (Fsp3) is 0.357. The number of hydrogen-bond acceptors (Lipinski definition) is 2. The lowest BCUT2D eigenvalue weighted by Gasteiger charge is -2.08. The molecule has 2 heteroatoms. The van der Waals surface area contributed by atoms with E-state index in [-0.39, 0.29) is 0 Å². The molecule has 0 saturated heterocycles. The monoisotopic (exact) mass is 214 g/mol. The maximum Gasteiger partial charge on any atom is 0.126 e. The summed E-state index contributed by atoms with van der Waals surface area (Å²) >= 11 is 0. The van der Waals surface area contributed by atoms with E-state index in [4.69, 9.17) is 0 Å². The van der Waals surface area contributed by atoms with Crippen molar-refractivity contribution >= 4 is 16.7 Å². The summed E-state index contributed by atoms with van der Waals surface area (Å²) in [5.41, 5.74) is 2.35. The number of anilines is 1. The molecule has 1 N–H and O–H groups in total. The third-order valence-corrected chi connectivity index (χ3v) is 2.76. The van der Waals surface area contributed by atoms with Crippen LogP contribution in [0, 0.1) is 6.92 Å². The Labute approximate surface area is 96.7 Å². The number of nitrogens with zero attached hydrogens (tertiary/aromatic N) is 1. The van der Waals surface area contributed by atoms with E-state index in [0.29, 0.717) is 0 Å². The zero-order valence-electron chi connectivity index (χ0n) is 9.96. The van der Waals surface area contributed by atoms with Gasteiger partial charge in [0.15, 0.2) is 0 Å². The largest absolute Gasteiger partial charge is 0.370 e. The maximum atomic E-state index is 4.60. The Kier molecular flexibility index (Phi) is 3.40. The molecule has 0 bridgehead atoms. The van der Waals surface area contributed by atoms with E-state index in [2.05, 4.69) is 48.4 Å². The van der Waals surface area contributed by atoms with E-state index < -0.39 is 0 Å². The number of para-hydroxylation sites is 1. The van der Waals surface area contributed by atoms with Gasteiger partial charge in [-0.2, -0.15) is 0 Å². The zero-order chi connectivity index (χ0) is 11.4. The van der Waals surface area contributed by atoms with Gasteiger partial charge in [0.2, 0.25) is 0 Å². The summed E-state index contributed by atoms with van der Waals surface area (Å²) < 4.78 is 0. The Morgan fingerprint density at radius 1 is 1.25 bits per heavy atom. The minimum Gasteiger partial charge on any atom is -0.370 e. The van der Waals surface area contributed by atoms with Gasteiger partial charge in [0, 0.05) is 11.9 Å². The molecular weight excluding hydrogens is 196 g/mol. The van der Waals surface area contributed by atoms with Gasteiger partial charge in [-0.25, -0.2) is 4.98 Å². The number of pyridine rings is 1. The molecule has 0 radical (unpaired) electrons. The first kappa shape index (κ1) is 10.9. The summed E-state index contributed by atoms with van der Waals surface area (Å²) in [5, 5.41) is 4.61. The number of nitrogens with one attached hydrogen (secondary N) is 1. The van der Waals surface area contributed by atoms with Crippen molar-refractivity contribution in [1.29, 1.82) is 0 Å². The Bertz CT molecular complexity index is 477. The summed E-state index contributed by atoms with van der Waals surface area (Å²) in [6.07, 6.45) is 2.40. The highest BCUT2D eigenvalue weighted by molar-refractivity contribution is 5.83. The molecule has 84 valence electrons. The first-order valence-corrected chi connectivity index (χ1v) is 5.91. The molecule has 1 heterocycles. The topological polar surface area (TPSA) is 24.9 Å². The SMILES string of the molecule is CCCCNc1cc(C)c2ccccc2n1. The molecule has 0 saturated carbocycles. The van der Waals surface area contributed by atoms with Gasteiger partial charge >= 0.3 is 0 Å². The molecule has 0 aliphatic carbocycles. The van der Waals surface area contributed by atoms with Gasteiger partial charge in [-0.05, 0) is 31.0 Å². The second kappa shape index (κ2) is 4.97. The van der Waals surface area contributed by atoms with Gasteiger partial charge in [-0.1, -0.05) is 31.5 Å². The van der Waals surface area contributed by atoms with Crippen LogP contribution in [0.25, 0.3) is 10.9 Å². The van der Waals surface area contributed by atoms with Gasteiger partial charge in [-0.3, -0.25) is 0 Å². The molecule has 0 unspecified atom stereocenters. The first-order valence-electron chi connectivity index (χ1n) is 5.91. The van der Waals surface area contributed by atoms with Crippen LogP contribution < -0.4 is 5.32 Å². The van der Waals surface area contributed by atoms with Crippen LogP contribution in [0.1, 0.15) is 25.3 Å². The lowest BCUT2D eigenvalue weighted by atomic mass is 10.1. The lowest BCUT2D eigenvalue weighted by Crippen LogP contribution is -2.03. The van der Waals surface area contributed by atoms with Crippen LogP contribution in [-0.4, -0.2) is 11.5 Å². The minimum atomic E-state index is 0.990. The smallest absolute Gasteiger partial charge is 0.126 e. The number of hydrogen-bond donors (Lipinski definition) is 1. The van der Waals surface area contributed by atoms with Crippen molar-refractivity contribution < 1.29 is 0 Å². The zero-order valence-corrected chi connectivity index (χ0v) is 9.96. The van der Waals surface area contributed by atoms with Gasteiger partial charge in [0.25, 0.3) is 0 Å². The van der Waals surface area contributed by atoms with Crippen molar-refractivity contribution in [3.8, 4) is 0 Å². The fourth-order valence-electron chi connectivity index (χ4n) is 1.83. The highest BCUT2D eigenvalue weighted by Crippen LogP contribution is 2.19. The van der Waals surface area contributed by atoms with Gasteiger partial charge < -0.3 is 5.32 Å². The Morgan fingerprint density at radius 3 is 2.88 bits per heavy atom. The average Bonchev–Trinajstić information content (AvgIpc) is 2.30. The van der Waals surface area contributed by atoms with Crippen molar-refractivity contribution in [2.75, 3.05) is 11.9 Å². The lowest BCUT2D eigenvalue weighted by molar-refractivity contribution is 0.831. The van der Waals surface area contributed by atoms with Gasteiger partial charge in [-0.15, -0.1) is 0 Å². The van der Waals surface area contributed by atoms with Gasteiger partial charge in [0.1, 0.15) is 5.82 Å². The molecule has 0 fully saturated rings. The summed E-state index contributed by atoms with van der Waals surface area (Å²) in [5.74, 6) is 0.990. The van der Waals surface area contributed by atoms with Gasteiger partial charge in [0.05, 0.1) is 5.52 Å². The molecule has 16 heavy (non-hydrogen) atoms. The van der Waals surface area contributed by atoms with E-state index in [1.54, 1.807) is 0 Å². The van der Waals surface area contributed by atoms with Crippen LogP contribution in [0.4, 0.5) is 5.82 Å². The molecule has 2 nitrogen and oxygen atoms in total. The third-order valence-electron chi connectivity index (χ3n) is 2.76. The number of aromatic nitrogens is 1. The maximum absolute atomic E-state index is 4.60. The number of rotatable bonds is 4. The quantitative estimate of drug-likeness (QED) is 0.784. The average molecular weight is 214 g/mol. The van der Waals surface area contributed by atoms with Crippen molar-refractivity contribution in [2.24, 2.45) is 0 Å². The minimum absolute atomic E-state index is 0.990. The molecule has 0 atom stereocenters. The van der Waals surface area contributed by atoms with Crippen molar-refractivity contribution in [2.45, 2.75) is 26.7 Å². The highest BCUT2D eigenvalue weighted by Gasteiger charge is 2.00. The van der Waals surface area contributed by atoms with Crippen LogP contribution in [0.2, 0.25) is 0 Å². The molecule has 0 aliphatic rings. The van der Waals surface area contributed by atoms with E-state index >= 15 is 0 Å². The van der Waals surface area contributed by atoms with E-state index in [9.17, 15) is 0 Å². The van der Waals surface area contributed by atoms with Crippen LogP contribution >= 0.6 is 0 Å². The first-order chi connectivity index (χ1) is 7.81. The second-order valence-electron chi connectivity index (χ2n) is 4.12. The predicted octanol–water partition coefficient (Wildman–Crippen LogP) is 3.76. The molecule has 0 amide bonds. The highest BCUT2D eigenvalue weighted by atomic mass is 15.0. The Hall–Kier alpha value is -1.57. The number of fused-ring (bicyclic) bond motifs is 1. The molecule has 1 aromatic heterocycles. The fourth-order valence-corrected chi connectivity index (χ4v) is 1.83. The summed E-state index contributed by atoms with van der Waals surface area (Å²) in [4.78, 5) is 4.60. The summed E-state index contributed by atoms with van der Waals surface area (Å²) in [7, 11) is 0. The normalized spacial score (nSPS) is 10.6. The molecular formula is C14H18N2. The molecule has 1 aromatic carbocycles.